The lowest BCUT2D eigenvalue weighted by Crippen LogP contribution is -2.30. The molecular formula is C10H7F5N2O. The molecule has 1 atom stereocenters. The summed E-state index contributed by atoms with van der Waals surface area (Å²) in [4.78, 5) is 5.88. The van der Waals surface area contributed by atoms with E-state index in [2.05, 4.69) is 9.97 Å². The summed E-state index contributed by atoms with van der Waals surface area (Å²) in [6, 6.07) is 1.49. The molecule has 3 nitrogen and oxygen atoms in total. The number of halogens is 5. The molecule has 98 valence electrons. The van der Waals surface area contributed by atoms with Crippen molar-refractivity contribution in [3.63, 3.8) is 0 Å². The number of H-pyrrole nitrogens is 1. The zero-order valence-corrected chi connectivity index (χ0v) is 8.72. The lowest BCUT2D eigenvalue weighted by Gasteiger charge is -2.12. The number of nitrogens with one attached hydrogen (secondary N) is 1. The lowest BCUT2D eigenvalue weighted by atomic mass is 10.2. The quantitative estimate of drug-likeness (QED) is 0.819. The molecular weight excluding hydrogens is 259 g/mol. The molecule has 0 saturated carbocycles. The summed E-state index contributed by atoms with van der Waals surface area (Å²) in [5.41, 5.74) is -0.322. The standard InChI is InChI=1S/C10H7F5N2O/c11-4-1-5(12)9-6(2-4)16-8(17-9)3-7(18)10(13,14)15/h1-2,7,18H,3H2,(H,16,17). The first-order valence-electron chi connectivity index (χ1n) is 4.86. The van der Waals surface area contributed by atoms with Gasteiger partial charge in [-0.25, -0.2) is 13.8 Å². The van der Waals surface area contributed by atoms with Crippen molar-refractivity contribution in [2.24, 2.45) is 0 Å². The first-order valence-corrected chi connectivity index (χ1v) is 4.86. The summed E-state index contributed by atoms with van der Waals surface area (Å²) in [5.74, 6) is -2.11. The van der Waals surface area contributed by atoms with E-state index in [1.165, 1.54) is 0 Å². The van der Waals surface area contributed by atoms with Crippen molar-refractivity contribution in [1.29, 1.82) is 0 Å². The number of fused-ring (bicyclic) bond motifs is 1. The second kappa shape index (κ2) is 4.20. The minimum Gasteiger partial charge on any atom is -0.383 e. The van der Waals surface area contributed by atoms with Crippen molar-refractivity contribution in [2.45, 2.75) is 18.7 Å². The Balaban J connectivity index is 2.34. The number of rotatable bonds is 2. The fraction of sp³-hybridized carbons (Fsp3) is 0.300. The Morgan fingerprint density at radius 3 is 2.56 bits per heavy atom. The van der Waals surface area contributed by atoms with Gasteiger partial charge in [0, 0.05) is 12.5 Å². The number of nitrogens with zero attached hydrogens (tertiary/aromatic N) is 1. The number of aromatic nitrogens is 2. The van der Waals surface area contributed by atoms with E-state index in [1.54, 1.807) is 0 Å². The van der Waals surface area contributed by atoms with E-state index >= 15 is 0 Å². The van der Waals surface area contributed by atoms with Crippen molar-refractivity contribution in [3.8, 4) is 0 Å². The van der Waals surface area contributed by atoms with Gasteiger partial charge in [0.15, 0.2) is 11.9 Å². The fourth-order valence-electron chi connectivity index (χ4n) is 1.49. The minimum atomic E-state index is -4.79. The third kappa shape index (κ3) is 2.42. The number of alkyl halides is 3. The Labute approximate surface area is 97.3 Å². The number of aliphatic hydroxyl groups excluding tert-OH is 1. The molecule has 18 heavy (non-hydrogen) atoms. The SMILES string of the molecule is OC(Cc1nc2c(F)cc(F)cc2[nH]1)C(F)(F)F. The van der Waals surface area contributed by atoms with Crippen molar-refractivity contribution in [2.75, 3.05) is 0 Å². The van der Waals surface area contributed by atoms with Crippen molar-refractivity contribution in [1.82, 2.24) is 9.97 Å². The number of imidazole rings is 1. The molecule has 0 aliphatic heterocycles. The summed E-state index contributed by atoms with van der Waals surface area (Å²) in [7, 11) is 0. The monoisotopic (exact) mass is 266 g/mol. The van der Waals surface area contributed by atoms with Crippen molar-refractivity contribution < 1.29 is 27.1 Å². The summed E-state index contributed by atoms with van der Waals surface area (Å²) >= 11 is 0. The minimum absolute atomic E-state index is 0.0584. The number of hydrogen-bond donors (Lipinski definition) is 2. The highest BCUT2D eigenvalue weighted by molar-refractivity contribution is 5.75. The van der Waals surface area contributed by atoms with E-state index < -0.39 is 30.3 Å². The predicted molar refractivity (Wildman–Crippen MR) is 51.8 cm³/mol. The van der Waals surface area contributed by atoms with Gasteiger partial charge in [0.05, 0.1) is 5.52 Å². The summed E-state index contributed by atoms with van der Waals surface area (Å²) < 4.78 is 62.4. The largest absolute Gasteiger partial charge is 0.414 e. The molecule has 1 aromatic heterocycles. The highest BCUT2D eigenvalue weighted by atomic mass is 19.4. The molecule has 2 rings (SSSR count). The van der Waals surface area contributed by atoms with Crippen LogP contribution in [0.15, 0.2) is 12.1 Å². The van der Waals surface area contributed by atoms with Crippen molar-refractivity contribution in [3.05, 3.63) is 29.6 Å². The van der Waals surface area contributed by atoms with Crippen LogP contribution in [0.1, 0.15) is 5.82 Å². The van der Waals surface area contributed by atoms with Crippen molar-refractivity contribution >= 4 is 11.0 Å². The molecule has 8 heteroatoms. The number of hydrogen-bond acceptors (Lipinski definition) is 2. The van der Waals surface area contributed by atoms with Gasteiger partial charge in [0.2, 0.25) is 0 Å². The molecule has 1 unspecified atom stereocenters. The summed E-state index contributed by atoms with van der Waals surface area (Å²) in [5, 5.41) is 8.84. The van der Waals surface area contributed by atoms with Crippen LogP contribution in [0.3, 0.4) is 0 Å². The van der Waals surface area contributed by atoms with Gasteiger partial charge in [-0.15, -0.1) is 0 Å². The zero-order valence-electron chi connectivity index (χ0n) is 8.72. The van der Waals surface area contributed by atoms with E-state index in [0.717, 1.165) is 6.07 Å². The van der Waals surface area contributed by atoms with Gasteiger partial charge in [-0.05, 0) is 6.07 Å². The fourth-order valence-corrected chi connectivity index (χ4v) is 1.49. The van der Waals surface area contributed by atoms with Crippen LogP contribution in [0.5, 0.6) is 0 Å². The van der Waals surface area contributed by atoms with Gasteiger partial charge in [-0.1, -0.05) is 0 Å². The molecule has 0 aliphatic carbocycles. The third-order valence-corrected chi connectivity index (χ3v) is 2.32. The van der Waals surface area contributed by atoms with Gasteiger partial charge in [-0.2, -0.15) is 13.2 Å². The zero-order chi connectivity index (χ0) is 13.5. The first-order chi connectivity index (χ1) is 8.27. The van der Waals surface area contributed by atoms with Gasteiger partial charge in [-0.3, -0.25) is 0 Å². The molecule has 1 aromatic carbocycles. The van der Waals surface area contributed by atoms with Crippen LogP contribution >= 0.6 is 0 Å². The Morgan fingerprint density at radius 2 is 1.94 bits per heavy atom. The smallest absolute Gasteiger partial charge is 0.383 e. The van der Waals surface area contributed by atoms with Gasteiger partial charge < -0.3 is 10.1 Å². The summed E-state index contributed by atoms with van der Waals surface area (Å²) in [6.07, 6.45) is -8.24. The molecule has 1 heterocycles. The van der Waals surface area contributed by atoms with Gasteiger partial charge in [0.25, 0.3) is 0 Å². The topological polar surface area (TPSA) is 48.9 Å². The van der Waals surface area contributed by atoms with Crippen LogP contribution < -0.4 is 0 Å². The number of aliphatic hydroxyl groups is 1. The van der Waals surface area contributed by atoms with Gasteiger partial charge in [0.1, 0.15) is 17.2 Å². The molecule has 0 fully saturated rings. The molecule has 0 amide bonds. The lowest BCUT2D eigenvalue weighted by molar-refractivity contribution is -0.203. The highest BCUT2D eigenvalue weighted by Gasteiger charge is 2.38. The normalized spacial score (nSPS) is 14.1. The Kier molecular flexibility index (Phi) is 2.97. The first kappa shape index (κ1) is 12.7. The van der Waals surface area contributed by atoms with Crippen LogP contribution in [0.25, 0.3) is 11.0 Å². The Bertz CT molecular complexity index is 577. The maximum atomic E-state index is 13.2. The molecule has 0 saturated heterocycles. The predicted octanol–water partition coefficient (Wildman–Crippen LogP) is 2.31. The van der Waals surface area contributed by atoms with Crippen LogP contribution in [0.2, 0.25) is 0 Å². The van der Waals surface area contributed by atoms with E-state index in [4.69, 9.17) is 5.11 Å². The highest BCUT2D eigenvalue weighted by Crippen LogP contribution is 2.24. The second-order valence-corrected chi connectivity index (χ2v) is 3.73. The van der Waals surface area contributed by atoms with Crippen LogP contribution in [-0.4, -0.2) is 27.4 Å². The molecule has 0 bridgehead atoms. The average Bonchev–Trinajstić information content (AvgIpc) is 2.58. The maximum Gasteiger partial charge on any atom is 0.414 e. The van der Waals surface area contributed by atoms with Crippen LogP contribution in [0.4, 0.5) is 22.0 Å². The molecule has 0 aliphatic rings. The average molecular weight is 266 g/mol. The maximum absolute atomic E-state index is 13.2. The molecule has 0 spiro atoms. The van der Waals surface area contributed by atoms with E-state index in [1.807, 2.05) is 0 Å². The Morgan fingerprint density at radius 1 is 1.28 bits per heavy atom. The van der Waals surface area contributed by atoms with E-state index in [9.17, 15) is 22.0 Å². The van der Waals surface area contributed by atoms with Crippen LogP contribution in [-0.2, 0) is 6.42 Å². The van der Waals surface area contributed by atoms with Crippen LogP contribution in [0, 0.1) is 11.6 Å². The Hall–Kier alpha value is -1.70. The molecule has 2 N–H and O–H groups in total. The number of aromatic amines is 1. The van der Waals surface area contributed by atoms with Gasteiger partial charge >= 0.3 is 6.18 Å². The second-order valence-electron chi connectivity index (χ2n) is 3.73. The number of benzene rings is 1. The molecule has 2 aromatic rings. The summed E-state index contributed by atoms with van der Waals surface area (Å²) in [6.45, 7) is 0. The van der Waals surface area contributed by atoms with E-state index in [0.29, 0.717) is 6.07 Å². The molecule has 0 radical (unpaired) electrons. The third-order valence-electron chi connectivity index (χ3n) is 2.32. The van der Waals surface area contributed by atoms with E-state index in [-0.39, 0.29) is 16.9 Å².